The van der Waals surface area contributed by atoms with Crippen LogP contribution >= 0.6 is 0 Å². The Bertz CT molecular complexity index is 45.8. The molecule has 1 atom stereocenters. The van der Waals surface area contributed by atoms with Crippen molar-refractivity contribution in [1.29, 1.82) is 0 Å². The van der Waals surface area contributed by atoms with Crippen molar-refractivity contribution in [3.05, 3.63) is 0 Å². The van der Waals surface area contributed by atoms with E-state index >= 15 is 0 Å². The maximum Gasteiger partial charge on any atom is 0.0524 e. The highest BCUT2D eigenvalue weighted by atomic mass is 16.3. The molecule has 0 fully saturated rings. The molecule has 0 spiro atoms. The van der Waals surface area contributed by atoms with Crippen molar-refractivity contribution in [2.75, 3.05) is 20.6 Å². The third-order valence-corrected chi connectivity index (χ3v) is 0.994. The van der Waals surface area contributed by atoms with Crippen LogP contribution in [0, 0.1) is 0 Å². The van der Waals surface area contributed by atoms with Gasteiger partial charge in [0.2, 0.25) is 0 Å². The van der Waals surface area contributed by atoms with E-state index < -0.39 is 0 Å². The van der Waals surface area contributed by atoms with Gasteiger partial charge >= 0.3 is 0 Å². The van der Waals surface area contributed by atoms with E-state index in [4.69, 9.17) is 5.11 Å². The van der Waals surface area contributed by atoms with Gasteiger partial charge in [0.25, 0.3) is 0 Å². The Kier molecular flexibility index (Phi) is 25.5. The maximum absolute atomic E-state index is 8.77. The quantitative estimate of drug-likeness (QED) is 0.715. The standard InChI is InChI=1S/C6H15NO.2C2H6/c1-6(8)4-5-7(2)3;2*1-2/h6,8H,4-5H2,1-3H3;2*1-2H3. The molecule has 0 amide bonds. The van der Waals surface area contributed by atoms with Crippen LogP contribution in [0.15, 0.2) is 0 Å². The number of rotatable bonds is 3. The van der Waals surface area contributed by atoms with Crippen LogP contribution in [0.3, 0.4) is 0 Å². The largest absolute Gasteiger partial charge is 0.393 e. The van der Waals surface area contributed by atoms with Gasteiger partial charge in [-0.3, -0.25) is 0 Å². The van der Waals surface area contributed by atoms with Gasteiger partial charge in [-0.05, 0) is 34.0 Å². The zero-order valence-electron chi connectivity index (χ0n) is 9.89. The Hall–Kier alpha value is -0.0800. The molecule has 0 radical (unpaired) electrons. The van der Waals surface area contributed by atoms with Gasteiger partial charge in [-0.2, -0.15) is 0 Å². The zero-order valence-corrected chi connectivity index (χ0v) is 9.89. The molecule has 0 aromatic rings. The summed E-state index contributed by atoms with van der Waals surface area (Å²) in [4.78, 5) is 2.06. The molecule has 1 N–H and O–H groups in total. The van der Waals surface area contributed by atoms with Crippen LogP contribution in [-0.4, -0.2) is 36.8 Å². The monoisotopic (exact) mass is 177 g/mol. The van der Waals surface area contributed by atoms with Crippen molar-refractivity contribution in [2.24, 2.45) is 0 Å². The molecule has 1 unspecified atom stereocenters. The van der Waals surface area contributed by atoms with E-state index in [1.807, 2.05) is 48.7 Å². The van der Waals surface area contributed by atoms with Crippen LogP contribution in [0.25, 0.3) is 0 Å². The minimum Gasteiger partial charge on any atom is -0.393 e. The lowest BCUT2D eigenvalue weighted by atomic mass is 10.3. The van der Waals surface area contributed by atoms with Crippen molar-refractivity contribution in [3.63, 3.8) is 0 Å². The predicted octanol–water partition coefficient (Wildman–Crippen LogP) is 2.37. The number of aliphatic hydroxyl groups excluding tert-OH is 1. The summed E-state index contributed by atoms with van der Waals surface area (Å²) < 4.78 is 0. The first-order chi connectivity index (χ1) is 5.63. The Morgan fingerprint density at radius 3 is 1.50 bits per heavy atom. The summed E-state index contributed by atoms with van der Waals surface area (Å²) in [6, 6.07) is 0. The molecule has 0 saturated heterocycles. The smallest absolute Gasteiger partial charge is 0.0524 e. The highest BCUT2D eigenvalue weighted by molar-refractivity contribution is 4.48. The van der Waals surface area contributed by atoms with E-state index in [0.29, 0.717) is 0 Å². The Morgan fingerprint density at radius 2 is 1.42 bits per heavy atom. The fourth-order valence-electron chi connectivity index (χ4n) is 0.445. The second-order valence-corrected chi connectivity index (χ2v) is 2.44. The molecule has 0 aromatic heterocycles. The summed E-state index contributed by atoms with van der Waals surface area (Å²) in [5, 5.41) is 8.77. The van der Waals surface area contributed by atoms with Gasteiger partial charge < -0.3 is 10.0 Å². The number of nitrogens with zero attached hydrogens (tertiary/aromatic N) is 1. The second kappa shape index (κ2) is 17.1. The van der Waals surface area contributed by atoms with Gasteiger partial charge in [0.15, 0.2) is 0 Å². The van der Waals surface area contributed by atoms with Gasteiger partial charge in [-0.15, -0.1) is 0 Å². The average molecular weight is 177 g/mol. The molecule has 0 aromatic carbocycles. The summed E-state index contributed by atoms with van der Waals surface area (Å²) in [6.07, 6.45) is 0.713. The molecular weight excluding hydrogens is 150 g/mol. The first-order valence-electron chi connectivity index (χ1n) is 4.95. The molecule has 78 valence electrons. The summed E-state index contributed by atoms with van der Waals surface area (Å²) in [5.41, 5.74) is 0. The van der Waals surface area contributed by atoms with Gasteiger partial charge in [0.05, 0.1) is 6.10 Å². The topological polar surface area (TPSA) is 23.5 Å². The van der Waals surface area contributed by atoms with Gasteiger partial charge in [0.1, 0.15) is 0 Å². The molecule has 0 bridgehead atoms. The molecule has 0 saturated carbocycles. The summed E-state index contributed by atoms with van der Waals surface area (Å²) in [5.74, 6) is 0. The normalized spacial score (nSPS) is 10.8. The molecule has 2 nitrogen and oxygen atoms in total. The Labute approximate surface area is 78.6 Å². The summed E-state index contributed by atoms with van der Waals surface area (Å²) in [7, 11) is 4.00. The van der Waals surface area contributed by atoms with Gasteiger partial charge in [-0.25, -0.2) is 0 Å². The number of hydrogen-bond acceptors (Lipinski definition) is 2. The molecule has 0 aliphatic heterocycles. The third kappa shape index (κ3) is 32.6. The van der Waals surface area contributed by atoms with E-state index in [1.165, 1.54) is 0 Å². The van der Waals surface area contributed by atoms with Gasteiger partial charge in [0, 0.05) is 0 Å². The van der Waals surface area contributed by atoms with Crippen molar-refractivity contribution in [1.82, 2.24) is 4.90 Å². The molecule has 2 heteroatoms. The second-order valence-electron chi connectivity index (χ2n) is 2.44. The molecule has 12 heavy (non-hydrogen) atoms. The van der Waals surface area contributed by atoms with Crippen LogP contribution in [0.2, 0.25) is 0 Å². The van der Waals surface area contributed by atoms with E-state index in [1.54, 1.807) is 0 Å². The molecule has 0 aliphatic carbocycles. The van der Waals surface area contributed by atoms with Crippen molar-refractivity contribution < 1.29 is 5.11 Å². The van der Waals surface area contributed by atoms with Crippen LogP contribution < -0.4 is 0 Å². The first-order valence-corrected chi connectivity index (χ1v) is 4.95. The Morgan fingerprint density at radius 1 is 1.08 bits per heavy atom. The fourth-order valence-corrected chi connectivity index (χ4v) is 0.445. The van der Waals surface area contributed by atoms with E-state index in [0.717, 1.165) is 13.0 Å². The summed E-state index contributed by atoms with van der Waals surface area (Å²) in [6.45, 7) is 10.8. The first kappa shape index (κ1) is 17.9. The zero-order chi connectivity index (χ0) is 10.6. The summed E-state index contributed by atoms with van der Waals surface area (Å²) >= 11 is 0. The SMILES string of the molecule is CC.CC.CC(O)CCN(C)C. The van der Waals surface area contributed by atoms with E-state index in [2.05, 4.69) is 4.90 Å². The Balaban J connectivity index is -0.000000175. The number of aliphatic hydroxyl groups is 1. The van der Waals surface area contributed by atoms with Crippen LogP contribution in [0.4, 0.5) is 0 Å². The number of hydrogen-bond donors (Lipinski definition) is 1. The minimum atomic E-state index is -0.155. The van der Waals surface area contributed by atoms with Crippen molar-refractivity contribution >= 4 is 0 Å². The lowest BCUT2D eigenvalue weighted by Gasteiger charge is -2.09. The fraction of sp³-hybridized carbons (Fsp3) is 1.00. The third-order valence-electron chi connectivity index (χ3n) is 0.994. The maximum atomic E-state index is 8.77. The minimum absolute atomic E-state index is 0.155. The molecule has 0 aliphatic rings. The average Bonchev–Trinajstić information content (AvgIpc) is 2.08. The highest BCUT2D eigenvalue weighted by Gasteiger charge is 1.94. The van der Waals surface area contributed by atoms with E-state index in [-0.39, 0.29) is 6.10 Å². The van der Waals surface area contributed by atoms with Crippen molar-refractivity contribution in [3.8, 4) is 0 Å². The van der Waals surface area contributed by atoms with Crippen LogP contribution in [-0.2, 0) is 0 Å². The lowest BCUT2D eigenvalue weighted by Crippen LogP contribution is -2.17. The highest BCUT2D eigenvalue weighted by Crippen LogP contribution is 1.88. The van der Waals surface area contributed by atoms with Crippen LogP contribution in [0.5, 0.6) is 0 Å². The lowest BCUT2D eigenvalue weighted by molar-refractivity contribution is 0.170. The molecule has 0 heterocycles. The predicted molar refractivity (Wildman–Crippen MR) is 57.5 cm³/mol. The molecule has 0 rings (SSSR count). The van der Waals surface area contributed by atoms with Crippen LogP contribution in [0.1, 0.15) is 41.0 Å². The van der Waals surface area contributed by atoms with Crippen molar-refractivity contribution in [2.45, 2.75) is 47.1 Å². The molecular formula is C10H27NO. The van der Waals surface area contributed by atoms with E-state index in [9.17, 15) is 0 Å². The van der Waals surface area contributed by atoms with Gasteiger partial charge in [-0.1, -0.05) is 27.7 Å².